The van der Waals surface area contributed by atoms with Crippen LogP contribution in [0.1, 0.15) is 51.7 Å². The summed E-state index contributed by atoms with van der Waals surface area (Å²) in [5, 5.41) is 0.00878. The summed E-state index contributed by atoms with van der Waals surface area (Å²) in [6, 6.07) is 3.10. The molecule has 0 aliphatic carbocycles. The van der Waals surface area contributed by atoms with Crippen LogP contribution in [0.4, 0.5) is 23.9 Å². The summed E-state index contributed by atoms with van der Waals surface area (Å²) in [7, 11) is 0. The minimum atomic E-state index is -4.51. The fourth-order valence-corrected chi connectivity index (χ4v) is 4.80. The Bertz CT molecular complexity index is 995. The molecule has 1 saturated heterocycles. The Morgan fingerprint density at radius 2 is 1.79 bits per heavy atom. The molecule has 11 heteroatoms. The molecule has 1 aliphatic heterocycles. The highest BCUT2D eigenvalue weighted by molar-refractivity contribution is 9.10. The molecular weight excluding hydrogens is 537 g/mol. The van der Waals surface area contributed by atoms with Gasteiger partial charge in [-0.05, 0) is 80.2 Å². The van der Waals surface area contributed by atoms with E-state index in [0.29, 0.717) is 28.8 Å². The molecule has 0 N–H and O–H groups in total. The number of benzene rings is 1. The molecule has 1 aromatic heterocycles. The topological polar surface area (TPSA) is 58.6 Å². The molecule has 3 rings (SSSR count). The molecular formula is C23H27BrClF3N4O2. The number of anilines is 1. The first-order chi connectivity index (χ1) is 15.8. The molecule has 0 bridgehead atoms. The van der Waals surface area contributed by atoms with Crippen LogP contribution in [-0.2, 0) is 17.5 Å². The molecule has 0 spiro atoms. The molecule has 0 unspecified atom stereocenters. The number of rotatable bonds is 5. The van der Waals surface area contributed by atoms with E-state index in [1.165, 1.54) is 6.07 Å². The first-order valence-electron chi connectivity index (χ1n) is 10.9. The van der Waals surface area contributed by atoms with Gasteiger partial charge in [-0.2, -0.15) is 13.2 Å². The molecule has 1 fully saturated rings. The van der Waals surface area contributed by atoms with Crippen LogP contribution < -0.4 is 4.90 Å². The van der Waals surface area contributed by atoms with Crippen molar-refractivity contribution in [2.24, 2.45) is 0 Å². The largest absolute Gasteiger partial charge is 0.447 e. The van der Waals surface area contributed by atoms with Crippen molar-refractivity contribution in [1.29, 1.82) is 0 Å². The zero-order valence-corrected chi connectivity index (χ0v) is 21.7. The van der Waals surface area contributed by atoms with Gasteiger partial charge >= 0.3 is 12.3 Å². The van der Waals surface area contributed by atoms with Gasteiger partial charge < -0.3 is 14.5 Å². The van der Waals surface area contributed by atoms with E-state index in [9.17, 15) is 18.0 Å². The number of likely N-dealkylation sites (tertiary alicyclic amines) is 1. The van der Waals surface area contributed by atoms with Crippen LogP contribution in [0, 0.1) is 0 Å². The highest BCUT2D eigenvalue weighted by Gasteiger charge is 2.38. The number of alkyl halides is 3. The zero-order chi connectivity index (χ0) is 25.2. The second-order valence-electron chi connectivity index (χ2n) is 8.84. The van der Waals surface area contributed by atoms with E-state index in [1.807, 2.05) is 18.7 Å². The van der Waals surface area contributed by atoms with E-state index in [-0.39, 0.29) is 41.9 Å². The van der Waals surface area contributed by atoms with Crippen molar-refractivity contribution in [2.75, 3.05) is 4.90 Å². The Morgan fingerprint density at radius 3 is 2.32 bits per heavy atom. The molecule has 0 radical (unpaired) electrons. The van der Waals surface area contributed by atoms with Crippen LogP contribution in [0.15, 0.2) is 35.1 Å². The van der Waals surface area contributed by atoms with E-state index < -0.39 is 11.7 Å². The van der Waals surface area contributed by atoms with Crippen LogP contribution in [0.3, 0.4) is 0 Å². The van der Waals surface area contributed by atoms with E-state index in [2.05, 4.69) is 25.9 Å². The lowest BCUT2D eigenvalue weighted by atomic mass is 9.91. The lowest BCUT2D eigenvalue weighted by molar-refractivity contribution is -0.137. The second kappa shape index (κ2) is 10.7. The third kappa shape index (κ3) is 6.53. The summed E-state index contributed by atoms with van der Waals surface area (Å²) in [5.74, 6) is 0.388. The van der Waals surface area contributed by atoms with E-state index in [0.717, 1.165) is 12.1 Å². The van der Waals surface area contributed by atoms with Crippen LogP contribution in [0.25, 0.3) is 0 Å². The van der Waals surface area contributed by atoms with Gasteiger partial charge in [-0.1, -0.05) is 11.6 Å². The second-order valence-corrected chi connectivity index (χ2v) is 10.2. The minimum Gasteiger partial charge on any atom is -0.447 e. The predicted octanol–water partition coefficient (Wildman–Crippen LogP) is 6.70. The third-order valence-corrected chi connectivity index (χ3v) is 6.29. The van der Waals surface area contributed by atoms with Crippen molar-refractivity contribution in [3.8, 4) is 0 Å². The summed E-state index contributed by atoms with van der Waals surface area (Å²) in [6.07, 6.45) is -0.781. The standard InChI is InChI=1S/C23H27BrClF3N4O2/c1-13(2)34-22(33)32-14(3)5-20(6-15(32)4)31(21-29-10-18(24)11-30-21)12-16-7-17(23(26,27)28)9-19(25)8-16/h7-11,13-15,20H,5-6,12H2,1-4H3/t14-,15+,20+. The predicted molar refractivity (Wildman–Crippen MR) is 128 cm³/mol. The molecule has 3 atom stereocenters. The fraction of sp³-hybridized carbons (Fsp3) is 0.522. The third-order valence-electron chi connectivity index (χ3n) is 5.67. The lowest BCUT2D eigenvalue weighted by Crippen LogP contribution is -2.55. The van der Waals surface area contributed by atoms with Crippen molar-refractivity contribution in [3.05, 3.63) is 51.2 Å². The lowest BCUT2D eigenvalue weighted by Gasteiger charge is -2.45. The Balaban J connectivity index is 1.92. The smallest absolute Gasteiger partial charge is 0.416 e. The van der Waals surface area contributed by atoms with Crippen molar-refractivity contribution in [3.63, 3.8) is 0 Å². The average Bonchev–Trinajstić information content (AvgIpc) is 2.70. The van der Waals surface area contributed by atoms with Gasteiger partial charge in [0.25, 0.3) is 0 Å². The van der Waals surface area contributed by atoms with Crippen molar-refractivity contribution in [2.45, 2.75) is 77.5 Å². The number of hydrogen-bond acceptors (Lipinski definition) is 5. The number of nitrogens with zero attached hydrogens (tertiary/aromatic N) is 4. The van der Waals surface area contributed by atoms with Gasteiger partial charge in [-0.3, -0.25) is 0 Å². The number of hydrogen-bond donors (Lipinski definition) is 0. The molecule has 2 heterocycles. The fourth-order valence-electron chi connectivity index (χ4n) is 4.34. The quantitative estimate of drug-likeness (QED) is 0.405. The first kappa shape index (κ1) is 26.5. The summed E-state index contributed by atoms with van der Waals surface area (Å²) in [5.41, 5.74) is -0.409. The van der Waals surface area contributed by atoms with E-state index >= 15 is 0 Å². The van der Waals surface area contributed by atoms with Gasteiger partial charge in [0.05, 0.1) is 16.1 Å². The number of piperidine rings is 1. The van der Waals surface area contributed by atoms with Gasteiger partial charge in [0.1, 0.15) is 0 Å². The van der Waals surface area contributed by atoms with Crippen LogP contribution in [-0.4, -0.2) is 45.2 Å². The monoisotopic (exact) mass is 562 g/mol. The highest BCUT2D eigenvalue weighted by Crippen LogP contribution is 2.34. The Kier molecular flexibility index (Phi) is 8.34. The van der Waals surface area contributed by atoms with Gasteiger partial charge in [0.2, 0.25) is 5.95 Å². The molecule has 6 nitrogen and oxygen atoms in total. The first-order valence-corrected chi connectivity index (χ1v) is 12.1. The SMILES string of the molecule is CC(C)OC(=O)N1[C@H](C)C[C@H](N(Cc2cc(Cl)cc(C(F)(F)F)c2)c2ncc(Br)cn2)C[C@@H]1C. The normalized spacial score (nSPS) is 21.0. The highest BCUT2D eigenvalue weighted by atomic mass is 79.9. The molecule has 34 heavy (non-hydrogen) atoms. The van der Waals surface area contributed by atoms with E-state index in [1.54, 1.807) is 31.1 Å². The number of halogens is 5. The summed E-state index contributed by atoms with van der Waals surface area (Å²) in [4.78, 5) is 25.0. The zero-order valence-electron chi connectivity index (χ0n) is 19.3. The molecule has 0 saturated carbocycles. The molecule has 186 valence electrons. The number of carbonyl (C=O) groups is 1. The molecule has 2 aromatic rings. The van der Waals surface area contributed by atoms with Gasteiger partial charge in [-0.15, -0.1) is 0 Å². The van der Waals surface area contributed by atoms with Crippen LogP contribution >= 0.6 is 27.5 Å². The van der Waals surface area contributed by atoms with Crippen molar-refractivity contribution in [1.82, 2.24) is 14.9 Å². The van der Waals surface area contributed by atoms with Gasteiger partial charge in [0.15, 0.2) is 0 Å². The Labute approximate surface area is 210 Å². The van der Waals surface area contributed by atoms with Crippen LogP contribution in [0.2, 0.25) is 5.02 Å². The maximum Gasteiger partial charge on any atom is 0.416 e. The Hall–Kier alpha value is -2.07. The van der Waals surface area contributed by atoms with Crippen molar-refractivity contribution < 1.29 is 22.7 Å². The molecule has 1 aromatic carbocycles. The minimum absolute atomic E-state index is 0.00878. The average molecular weight is 564 g/mol. The summed E-state index contributed by atoms with van der Waals surface area (Å²) >= 11 is 9.34. The number of aromatic nitrogens is 2. The molecule has 1 amide bonds. The van der Waals surface area contributed by atoms with Gasteiger partial charge in [0, 0.05) is 42.1 Å². The van der Waals surface area contributed by atoms with Crippen LogP contribution in [0.5, 0.6) is 0 Å². The van der Waals surface area contributed by atoms with E-state index in [4.69, 9.17) is 16.3 Å². The summed E-state index contributed by atoms with van der Waals surface area (Å²) < 4.78 is 46.2. The van der Waals surface area contributed by atoms with Gasteiger partial charge in [-0.25, -0.2) is 14.8 Å². The number of carbonyl (C=O) groups excluding carboxylic acids is 1. The molecule has 1 aliphatic rings. The maximum absolute atomic E-state index is 13.4. The van der Waals surface area contributed by atoms with Crippen molar-refractivity contribution >= 4 is 39.6 Å². The number of amides is 1. The summed E-state index contributed by atoms with van der Waals surface area (Å²) in [6.45, 7) is 7.60. The number of ether oxygens (including phenoxy) is 1. The maximum atomic E-state index is 13.4. The Morgan fingerprint density at radius 1 is 1.21 bits per heavy atom.